The number of anilines is 1. The van der Waals surface area contributed by atoms with Crippen LogP contribution in [0.5, 0.6) is 0 Å². The molecule has 2 saturated heterocycles. The van der Waals surface area contributed by atoms with Crippen LogP contribution in [-0.2, 0) is 22.7 Å². The number of amides is 3. The van der Waals surface area contributed by atoms with E-state index < -0.39 is 11.9 Å². The predicted molar refractivity (Wildman–Crippen MR) is 119 cm³/mol. The molecule has 0 aliphatic carbocycles. The van der Waals surface area contributed by atoms with Crippen LogP contribution in [0.25, 0.3) is 0 Å². The lowest BCUT2D eigenvalue weighted by Gasteiger charge is -2.35. The van der Waals surface area contributed by atoms with E-state index in [-0.39, 0.29) is 29.6 Å². The highest BCUT2D eigenvalue weighted by atomic mass is 35.5. The Morgan fingerprint density at radius 3 is 2.82 bits per heavy atom. The summed E-state index contributed by atoms with van der Waals surface area (Å²) in [6.07, 6.45) is 3.94. The van der Waals surface area contributed by atoms with E-state index in [4.69, 9.17) is 11.6 Å². The Bertz CT molecular complexity index is 1110. The van der Waals surface area contributed by atoms with Gasteiger partial charge in [0, 0.05) is 37.7 Å². The maximum atomic E-state index is 13.5. The zero-order chi connectivity index (χ0) is 22.9. The summed E-state index contributed by atoms with van der Waals surface area (Å²) in [5.74, 6) is -0.434. The molecule has 10 nitrogen and oxygen atoms in total. The first kappa shape index (κ1) is 21.7. The highest BCUT2D eigenvalue weighted by Crippen LogP contribution is 2.31. The van der Waals surface area contributed by atoms with E-state index in [1.54, 1.807) is 4.90 Å². The van der Waals surface area contributed by atoms with Crippen molar-refractivity contribution in [2.24, 2.45) is 0 Å². The number of nitrogens with zero attached hydrogens (tertiary/aromatic N) is 5. The van der Waals surface area contributed by atoms with Gasteiger partial charge in [-0.25, -0.2) is 9.97 Å². The molecule has 3 amide bonds. The lowest BCUT2D eigenvalue weighted by atomic mass is 10.0. The number of benzene rings is 1. The van der Waals surface area contributed by atoms with E-state index in [2.05, 4.69) is 30.5 Å². The molecule has 2 fully saturated rings. The molecule has 0 spiro atoms. The Labute approximate surface area is 195 Å². The van der Waals surface area contributed by atoms with E-state index in [9.17, 15) is 14.4 Å². The zero-order valence-corrected chi connectivity index (χ0v) is 18.7. The van der Waals surface area contributed by atoms with Crippen LogP contribution in [-0.4, -0.2) is 62.7 Å². The smallest absolute Gasteiger partial charge is 0.255 e. The number of aromatic nitrogens is 3. The highest BCUT2D eigenvalue weighted by Gasteiger charge is 2.40. The van der Waals surface area contributed by atoms with Gasteiger partial charge in [0.25, 0.3) is 5.91 Å². The van der Waals surface area contributed by atoms with Crippen LogP contribution in [0.15, 0.2) is 24.5 Å². The fraction of sp³-hybridized carbons (Fsp3) is 0.455. The summed E-state index contributed by atoms with van der Waals surface area (Å²) in [5.41, 5.74) is 2.32. The fourth-order valence-electron chi connectivity index (χ4n) is 4.87. The molecule has 3 aliphatic rings. The summed E-state index contributed by atoms with van der Waals surface area (Å²) in [6.45, 7) is 2.50. The molecular formula is C22H24ClN7O3. The van der Waals surface area contributed by atoms with Crippen LogP contribution in [0.2, 0.25) is 5.28 Å². The number of halogens is 1. The standard InChI is InChI=1S/C22H24ClN7O3/c23-21-25-12-26-22(28-21)29(15-5-2-8-24-9-15)10-13-3-1-4-14-11-30(20(33)18(13)14)16-6-7-17(31)27-19(16)32/h1,3-4,12,15-16,24H,2,5-11H2,(H,27,31,32). The molecule has 2 unspecified atom stereocenters. The van der Waals surface area contributed by atoms with Crippen LogP contribution in [0, 0.1) is 0 Å². The predicted octanol–water partition coefficient (Wildman–Crippen LogP) is 1.04. The molecule has 172 valence electrons. The molecule has 1 aromatic carbocycles. The summed E-state index contributed by atoms with van der Waals surface area (Å²) in [4.78, 5) is 53.6. The van der Waals surface area contributed by atoms with Crippen LogP contribution >= 0.6 is 11.6 Å². The van der Waals surface area contributed by atoms with E-state index in [1.165, 1.54) is 6.33 Å². The molecule has 3 aliphatic heterocycles. The van der Waals surface area contributed by atoms with Crippen molar-refractivity contribution in [2.75, 3.05) is 18.0 Å². The molecule has 0 radical (unpaired) electrons. The van der Waals surface area contributed by atoms with Crippen LogP contribution in [0.1, 0.15) is 47.2 Å². The third-order valence-electron chi connectivity index (χ3n) is 6.48. The second-order valence-corrected chi connectivity index (χ2v) is 8.87. The SMILES string of the molecule is O=C1CCC(N2Cc3cccc(CN(c4ncnc(Cl)n4)C4CCCNC4)c3C2=O)C(=O)N1. The molecular weight excluding hydrogens is 446 g/mol. The summed E-state index contributed by atoms with van der Waals surface area (Å²) in [6, 6.07) is 5.26. The number of carbonyl (C=O) groups excluding carboxylic acids is 3. The zero-order valence-electron chi connectivity index (χ0n) is 18.0. The van der Waals surface area contributed by atoms with E-state index >= 15 is 0 Å². The molecule has 4 heterocycles. The summed E-state index contributed by atoms with van der Waals surface area (Å²) >= 11 is 6.05. The van der Waals surface area contributed by atoms with Crippen molar-refractivity contribution in [3.8, 4) is 0 Å². The topological polar surface area (TPSA) is 120 Å². The highest BCUT2D eigenvalue weighted by molar-refractivity contribution is 6.28. The second-order valence-electron chi connectivity index (χ2n) is 8.53. The number of piperidine rings is 2. The Balaban J connectivity index is 1.45. The Morgan fingerprint density at radius 2 is 2.06 bits per heavy atom. The van der Waals surface area contributed by atoms with Gasteiger partial charge in [0.1, 0.15) is 12.4 Å². The van der Waals surface area contributed by atoms with Crippen molar-refractivity contribution < 1.29 is 14.4 Å². The normalized spacial score (nSPS) is 22.8. The number of fused-ring (bicyclic) bond motifs is 1. The quantitative estimate of drug-likeness (QED) is 0.623. The Morgan fingerprint density at radius 1 is 1.18 bits per heavy atom. The first-order valence-corrected chi connectivity index (χ1v) is 11.5. The minimum atomic E-state index is -0.642. The summed E-state index contributed by atoms with van der Waals surface area (Å²) in [5, 5.41) is 5.88. The van der Waals surface area contributed by atoms with Gasteiger partial charge in [-0.1, -0.05) is 18.2 Å². The first-order chi connectivity index (χ1) is 16.0. The molecule has 2 aromatic rings. The maximum absolute atomic E-state index is 13.5. The van der Waals surface area contributed by atoms with Gasteiger partial charge in [0.15, 0.2) is 0 Å². The van der Waals surface area contributed by atoms with Crippen molar-refractivity contribution in [3.63, 3.8) is 0 Å². The number of nitrogens with one attached hydrogen (secondary N) is 2. The first-order valence-electron chi connectivity index (χ1n) is 11.1. The average molecular weight is 470 g/mol. The number of rotatable bonds is 5. The van der Waals surface area contributed by atoms with Crippen LogP contribution < -0.4 is 15.5 Å². The number of carbonyl (C=O) groups is 3. The van der Waals surface area contributed by atoms with Crippen LogP contribution in [0.3, 0.4) is 0 Å². The van der Waals surface area contributed by atoms with Gasteiger partial charge < -0.3 is 15.1 Å². The molecule has 0 bridgehead atoms. The maximum Gasteiger partial charge on any atom is 0.255 e. The molecule has 1 aromatic heterocycles. The summed E-state index contributed by atoms with van der Waals surface area (Å²) in [7, 11) is 0. The van der Waals surface area contributed by atoms with Crippen molar-refractivity contribution in [3.05, 3.63) is 46.5 Å². The van der Waals surface area contributed by atoms with Crippen molar-refractivity contribution in [1.82, 2.24) is 30.5 Å². The van der Waals surface area contributed by atoms with Gasteiger partial charge in [0.2, 0.25) is 23.0 Å². The summed E-state index contributed by atoms with van der Waals surface area (Å²) < 4.78 is 0. The van der Waals surface area contributed by atoms with E-state index in [0.717, 1.165) is 37.1 Å². The fourth-order valence-corrected chi connectivity index (χ4v) is 4.99. The number of hydrogen-bond acceptors (Lipinski definition) is 8. The van der Waals surface area contributed by atoms with E-state index in [1.807, 2.05) is 18.2 Å². The van der Waals surface area contributed by atoms with Crippen molar-refractivity contribution >= 4 is 35.3 Å². The molecule has 2 N–H and O–H groups in total. The van der Waals surface area contributed by atoms with Crippen molar-refractivity contribution in [2.45, 2.75) is 50.9 Å². The monoisotopic (exact) mass is 469 g/mol. The van der Waals surface area contributed by atoms with Gasteiger partial charge in [-0.15, -0.1) is 0 Å². The van der Waals surface area contributed by atoms with Gasteiger partial charge in [-0.2, -0.15) is 4.98 Å². The minimum absolute atomic E-state index is 0.118. The lowest BCUT2D eigenvalue weighted by Crippen LogP contribution is -2.52. The lowest BCUT2D eigenvalue weighted by molar-refractivity contribution is -0.136. The molecule has 0 saturated carbocycles. The average Bonchev–Trinajstić information content (AvgIpc) is 3.15. The molecule has 33 heavy (non-hydrogen) atoms. The molecule has 11 heteroatoms. The van der Waals surface area contributed by atoms with Crippen LogP contribution in [0.4, 0.5) is 5.95 Å². The van der Waals surface area contributed by atoms with Gasteiger partial charge in [-0.3, -0.25) is 19.7 Å². The largest absolute Gasteiger partial charge is 0.332 e. The van der Waals surface area contributed by atoms with Crippen molar-refractivity contribution in [1.29, 1.82) is 0 Å². The van der Waals surface area contributed by atoms with Gasteiger partial charge >= 0.3 is 0 Å². The minimum Gasteiger partial charge on any atom is -0.332 e. The Hall–Kier alpha value is -3.11. The Kier molecular flexibility index (Phi) is 5.94. The second kappa shape index (κ2) is 9.03. The third-order valence-corrected chi connectivity index (χ3v) is 6.66. The van der Waals surface area contributed by atoms with Gasteiger partial charge in [0.05, 0.1) is 0 Å². The third kappa shape index (κ3) is 4.28. The van der Waals surface area contributed by atoms with Gasteiger partial charge in [-0.05, 0) is 48.5 Å². The number of imide groups is 1. The molecule has 2 atom stereocenters. The number of hydrogen-bond donors (Lipinski definition) is 2. The van der Waals surface area contributed by atoms with E-state index in [0.29, 0.717) is 31.0 Å². The molecule has 5 rings (SSSR count).